The number of ketones is 1. The fourth-order valence-electron chi connectivity index (χ4n) is 4.29. The lowest BCUT2D eigenvalue weighted by molar-refractivity contribution is -0.132. The topological polar surface area (TPSA) is 106 Å². The molecule has 0 aliphatic carbocycles. The van der Waals surface area contributed by atoms with Crippen LogP contribution in [0.15, 0.2) is 70.9 Å². The smallest absolute Gasteiger partial charge is 0.337 e. The van der Waals surface area contributed by atoms with Crippen molar-refractivity contribution in [3.8, 4) is 5.75 Å². The molecular formula is C28H27NO7. The Hall–Kier alpha value is -4.33. The molecule has 1 fully saturated rings. The Bertz CT molecular complexity index is 1350. The van der Waals surface area contributed by atoms with E-state index in [-0.39, 0.29) is 16.7 Å². The van der Waals surface area contributed by atoms with Crippen molar-refractivity contribution < 1.29 is 33.4 Å². The molecule has 2 aromatic carbocycles. The lowest BCUT2D eigenvalue weighted by Crippen LogP contribution is -2.29. The molecule has 4 rings (SSSR count). The van der Waals surface area contributed by atoms with E-state index in [0.29, 0.717) is 28.3 Å². The summed E-state index contributed by atoms with van der Waals surface area (Å²) in [5, 5.41) is 11.4. The molecule has 2 heterocycles. The molecule has 3 aromatic rings. The first-order valence-corrected chi connectivity index (χ1v) is 11.3. The van der Waals surface area contributed by atoms with Gasteiger partial charge in [0.2, 0.25) is 0 Å². The van der Waals surface area contributed by atoms with Crippen LogP contribution in [0.2, 0.25) is 0 Å². The third-order valence-electron chi connectivity index (χ3n) is 6.10. The zero-order valence-electron chi connectivity index (χ0n) is 20.7. The Labute approximate surface area is 208 Å². The highest BCUT2D eigenvalue weighted by Crippen LogP contribution is 2.43. The number of carbonyl (C=O) groups is 3. The number of hydrogen-bond acceptors (Lipinski definition) is 7. The van der Waals surface area contributed by atoms with Gasteiger partial charge in [0.25, 0.3) is 11.7 Å². The van der Waals surface area contributed by atoms with E-state index < -0.39 is 23.7 Å². The van der Waals surface area contributed by atoms with Gasteiger partial charge in [-0.25, -0.2) is 4.79 Å². The monoisotopic (exact) mass is 489 g/mol. The molecule has 8 nitrogen and oxygen atoms in total. The Balaban J connectivity index is 1.88. The third-order valence-corrected chi connectivity index (χ3v) is 6.10. The third kappa shape index (κ3) is 4.26. The number of hydrogen-bond donors (Lipinski definition) is 1. The first-order valence-electron chi connectivity index (χ1n) is 11.3. The van der Waals surface area contributed by atoms with Crippen LogP contribution in [0.1, 0.15) is 54.1 Å². The number of Topliss-reactive ketones (excluding diaryl/α,β-unsaturated/α-hetero) is 1. The minimum Gasteiger partial charge on any atom is -0.507 e. The molecule has 0 bridgehead atoms. The standard InChI is InChI=1S/C28H27NO7/c1-28(2,3)19-15-17(10-13-20(19)34-4)24(30)22-23(21-7-6-14-36-21)29(26(32)25(22)31)18-11-8-16(9-12-18)27(33)35-5/h6-15,23,30H,1-5H3/b24-22-. The van der Waals surface area contributed by atoms with Crippen molar-refractivity contribution >= 4 is 29.1 Å². The number of methoxy groups -OCH3 is 2. The van der Waals surface area contributed by atoms with Crippen LogP contribution in [0.4, 0.5) is 5.69 Å². The summed E-state index contributed by atoms with van der Waals surface area (Å²) in [6.07, 6.45) is 1.43. The number of aliphatic hydroxyl groups excluding tert-OH is 1. The molecule has 1 atom stereocenters. The number of anilines is 1. The maximum atomic E-state index is 13.3. The Kier molecular flexibility index (Phi) is 6.45. The molecule has 0 radical (unpaired) electrons. The van der Waals surface area contributed by atoms with E-state index in [1.165, 1.54) is 30.4 Å². The highest BCUT2D eigenvalue weighted by atomic mass is 16.5. The average molecular weight is 490 g/mol. The summed E-state index contributed by atoms with van der Waals surface area (Å²) in [5.41, 5.74) is 1.44. The minimum absolute atomic E-state index is 0.1000. The summed E-state index contributed by atoms with van der Waals surface area (Å²) in [4.78, 5) is 39.6. The predicted molar refractivity (Wildman–Crippen MR) is 133 cm³/mol. The highest BCUT2D eigenvalue weighted by molar-refractivity contribution is 6.51. The molecule has 0 saturated carbocycles. The number of nitrogens with zero attached hydrogens (tertiary/aromatic N) is 1. The molecule has 1 unspecified atom stereocenters. The summed E-state index contributed by atoms with van der Waals surface area (Å²) in [6, 6.07) is 13.5. The second-order valence-corrected chi connectivity index (χ2v) is 9.39. The summed E-state index contributed by atoms with van der Waals surface area (Å²) < 4.78 is 15.8. The van der Waals surface area contributed by atoms with Gasteiger partial charge in [-0.15, -0.1) is 0 Å². The molecule has 1 aliphatic heterocycles. The molecule has 1 aliphatic rings. The van der Waals surface area contributed by atoms with Crippen LogP contribution in [0, 0.1) is 0 Å². The molecular weight excluding hydrogens is 462 g/mol. The molecule has 186 valence electrons. The SMILES string of the molecule is COC(=O)c1ccc(N2C(=O)C(=O)/C(=C(\O)c3ccc(OC)c(C(C)(C)C)c3)C2c2ccco2)cc1. The highest BCUT2D eigenvalue weighted by Gasteiger charge is 2.48. The number of carbonyl (C=O) groups excluding carboxylic acids is 3. The van der Waals surface area contributed by atoms with Crippen molar-refractivity contribution in [1.29, 1.82) is 0 Å². The van der Waals surface area contributed by atoms with Gasteiger partial charge in [-0.2, -0.15) is 0 Å². The summed E-state index contributed by atoms with van der Waals surface area (Å²) >= 11 is 0. The van der Waals surface area contributed by atoms with Crippen LogP contribution < -0.4 is 9.64 Å². The van der Waals surface area contributed by atoms with E-state index >= 15 is 0 Å². The number of aliphatic hydroxyl groups is 1. The lowest BCUT2D eigenvalue weighted by atomic mass is 9.84. The predicted octanol–water partition coefficient (Wildman–Crippen LogP) is 5.00. The van der Waals surface area contributed by atoms with Crippen molar-refractivity contribution in [2.75, 3.05) is 19.1 Å². The van der Waals surface area contributed by atoms with Gasteiger partial charge in [-0.1, -0.05) is 20.8 Å². The number of ether oxygens (including phenoxy) is 2. The van der Waals surface area contributed by atoms with Crippen molar-refractivity contribution in [3.05, 3.63) is 88.9 Å². The van der Waals surface area contributed by atoms with Crippen LogP contribution in [-0.4, -0.2) is 37.0 Å². The van der Waals surface area contributed by atoms with E-state index in [4.69, 9.17) is 13.9 Å². The van der Waals surface area contributed by atoms with Crippen LogP contribution in [0.3, 0.4) is 0 Å². The van der Waals surface area contributed by atoms with Gasteiger partial charge >= 0.3 is 5.97 Å². The largest absolute Gasteiger partial charge is 0.507 e. The number of furan rings is 1. The van der Waals surface area contributed by atoms with Gasteiger partial charge in [0.1, 0.15) is 23.3 Å². The minimum atomic E-state index is -1.01. The summed E-state index contributed by atoms with van der Waals surface area (Å²) in [7, 11) is 2.84. The molecule has 1 saturated heterocycles. The maximum Gasteiger partial charge on any atom is 0.337 e. The van der Waals surface area contributed by atoms with E-state index in [1.54, 1.807) is 49.6 Å². The Morgan fingerprint density at radius 2 is 1.67 bits per heavy atom. The van der Waals surface area contributed by atoms with Crippen molar-refractivity contribution in [1.82, 2.24) is 0 Å². The van der Waals surface area contributed by atoms with Gasteiger partial charge in [0, 0.05) is 16.8 Å². The number of rotatable bonds is 5. The summed E-state index contributed by atoms with van der Waals surface area (Å²) in [6.45, 7) is 6.03. The van der Waals surface area contributed by atoms with Crippen molar-refractivity contribution in [2.24, 2.45) is 0 Å². The zero-order chi connectivity index (χ0) is 26.2. The van der Waals surface area contributed by atoms with Gasteiger partial charge in [-0.05, 0) is 60.0 Å². The van der Waals surface area contributed by atoms with Crippen molar-refractivity contribution in [2.45, 2.75) is 32.2 Å². The first kappa shape index (κ1) is 24.8. The average Bonchev–Trinajstić information content (AvgIpc) is 3.49. The van der Waals surface area contributed by atoms with Gasteiger partial charge in [-0.3, -0.25) is 14.5 Å². The fourth-order valence-corrected chi connectivity index (χ4v) is 4.29. The van der Waals surface area contributed by atoms with Crippen LogP contribution in [0.5, 0.6) is 5.75 Å². The van der Waals surface area contributed by atoms with Gasteiger partial charge in [0.05, 0.1) is 31.6 Å². The zero-order valence-corrected chi connectivity index (χ0v) is 20.7. The fraction of sp³-hybridized carbons (Fsp3) is 0.250. The van der Waals surface area contributed by atoms with E-state index in [9.17, 15) is 19.5 Å². The second kappa shape index (κ2) is 9.37. The van der Waals surface area contributed by atoms with Crippen LogP contribution >= 0.6 is 0 Å². The van der Waals surface area contributed by atoms with Crippen LogP contribution in [0.25, 0.3) is 5.76 Å². The Morgan fingerprint density at radius 3 is 2.22 bits per heavy atom. The Morgan fingerprint density at radius 1 is 1.00 bits per heavy atom. The van der Waals surface area contributed by atoms with Gasteiger partial charge < -0.3 is 19.0 Å². The molecule has 0 spiro atoms. The van der Waals surface area contributed by atoms with Gasteiger partial charge in [0.15, 0.2) is 0 Å². The number of benzene rings is 2. The maximum absolute atomic E-state index is 13.3. The normalized spacial score (nSPS) is 17.4. The molecule has 1 N–H and O–H groups in total. The molecule has 8 heteroatoms. The molecule has 1 aromatic heterocycles. The van der Waals surface area contributed by atoms with E-state index in [1.807, 2.05) is 20.8 Å². The molecule has 1 amide bonds. The van der Waals surface area contributed by atoms with Crippen molar-refractivity contribution in [3.63, 3.8) is 0 Å². The summed E-state index contributed by atoms with van der Waals surface area (Å²) in [5.74, 6) is -1.57. The van der Waals surface area contributed by atoms with E-state index in [0.717, 1.165) is 5.56 Å². The van der Waals surface area contributed by atoms with Crippen LogP contribution in [-0.2, 0) is 19.7 Å². The lowest BCUT2D eigenvalue weighted by Gasteiger charge is -2.24. The molecule has 36 heavy (non-hydrogen) atoms. The second-order valence-electron chi connectivity index (χ2n) is 9.39. The number of amides is 1. The quantitative estimate of drug-likeness (QED) is 0.233. The van der Waals surface area contributed by atoms with E-state index in [2.05, 4.69) is 0 Å². The number of esters is 1. The first-order chi connectivity index (χ1) is 17.1.